The van der Waals surface area contributed by atoms with Crippen LogP contribution in [0.5, 0.6) is 0 Å². The van der Waals surface area contributed by atoms with Gasteiger partial charge in [-0.05, 0) is 37.7 Å². The predicted octanol–water partition coefficient (Wildman–Crippen LogP) is -1.62. The summed E-state index contributed by atoms with van der Waals surface area (Å²) in [5, 5.41) is 17.0. The Morgan fingerprint density at radius 3 is 2.21 bits per heavy atom. The summed E-state index contributed by atoms with van der Waals surface area (Å²) in [6.45, 7) is 5.27. The Morgan fingerprint density at radius 1 is 1.00 bits per heavy atom. The number of nitrogens with two attached hydrogens (primary N) is 4. The van der Waals surface area contributed by atoms with E-state index in [9.17, 15) is 24.0 Å². The predicted molar refractivity (Wildman–Crippen MR) is 162 cm³/mol. The summed E-state index contributed by atoms with van der Waals surface area (Å²) in [5.41, 5.74) is 19.9. The minimum atomic E-state index is -1.26. The number of aliphatic carboxylic acids is 1. The lowest BCUT2D eigenvalue weighted by Crippen LogP contribution is -2.51. The molecule has 4 atom stereocenters. The number of hydrazine groups is 1. The average molecular weight is 604 g/mol. The number of hydrogen-bond acceptors (Lipinski definition) is 8. The van der Waals surface area contributed by atoms with Gasteiger partial charge in [-0.1, -0.05) is 55.8 Å². The largest absolute Gasteiger partial charge is 0.481 e. The number of aliphatic imine (C=N–C) groups is 1. The second-order valence-corrected chi connectivity index (χ2v) is 10.4. The highest BCUT2D eigenvalue weighted by molar-refractivity contribution is 5.91. The van der Waals surface area contributed by atoms with Crippen molar-refractivity contribution >= 4 is 35.6 Å². The van der Waals surface area contributed by atoms with E-state index in [1.54, 1.807) is 13.0 Å². The van der Waals surface area contributed by atoms with Crippen molar-refractivity contribution in [2.45, 2.75) is 64.6 Å². The van der Waals surface area contributed by atoms with Crippen molar-refractivity contribution in [3.63, 3.8) is 0 Å². The van der Waals surface area contributed by atoms with Gasteiger partial charge in [0.25, 0.3) is 5.91 Å². The number of hydrogen-bond donors (Lipinski definition) is 9. The lowest BCUT2D eigenvalue weighted by molar-refractivity contribution is -0.139. The van der Waals surface area contributed by atoms with Crippen molar-refractivity contribution in [2.24, 2.45) is 39.9 Å². The summed E-state index contributed by atoms with van der Waals surface area (Å²) in [7, 11) is 0. The normalized spacial score (nSPS) is 14.0. The molecule has 0 radical (unpaired) electrons. The lowest BCUT2D eigenvalue weighted by atomic mass is 9.86. The topological polar surface area (TPSA) is 270 Å². The van der Waals surface area contributed by atoms with Crippen LogP contribution in [0.1, 0.15) is 45.6 Å². The van der Waals surface area contributed by atoms with E-state index in [0.29, 0.717) is 18.4 Å². The van der Waals surface area contributed by atoms with E-state index in [1.807, 2.05) is 49.6 Å². The fraction of sp³-hybridized carbons (Fsp3) is 0.500. The fourth-order valence-electron chi connectivity index (χ4n) is 4.42. The molecule has 0 aliphatic carbocycles. The first kappa shape index (κ1) is 36.5. The smallest absolute Gasteiger partial charge is 0.305 e. The maximum Gasteiger partial charge on any atom is 0.305 e. The summed E-state index contributed by atoms with van der Waals surface area (Å²) in [6, 6.07) is 6.43. The quantitative estimate of drug-likeness (QED) is 0.0176. The van der Waals surface area contributed by atoms with Crippen LogP contribution in [0.2, 0.25) is 0 Å². The Balaban J connectivity index is 3.24. The summed E-state index contributed by atoms with van der Waals surface area (Å²) >= 11 is 0. The van der Waals surface area contributed by atoms with Crippen LogP contribution in [0.15, 0.2) is 47.0 Å². The number of carbonyl (C=O) groups excluding carboxylic acids is 4. The first-order valence-electron chi connectivity index (χ1n) is 13.9. The van der Waals surface area contributed by atoms with Crippen LogP contribution in [0.25, 0.3) is 0 Å². The van der Waals surface area contributed by atoms with Crippen LogP contribution < -0.4 is 44.4 Å². The number of nitrogens with zero attached hydrogens (tertiary/aromatic N) is 1. The number of guanidine groups is 1. The van der Waals surface area contributed by atoms with Gasteiger partial charge in [0.1, 0.15) is 6.04 Å². The Hall–Kier alpha value is -4.50. The van der Waals surface area contributed by atoms with Crippen molar-refractivity contribution < 1.29 is 29.1 Å². The minimum absolute atomic E-state index is 0.105. The molecule has 238 valence electrons. The monoisotopic (exact) mass is 603 g/mol. The Morgan fingerprint density at radius 2 is 1.65 bits per heavy atom. The highest BCUT2D eigenvalue weighted by atomic mass is 16.4. The van der Waals surface area contributed by atoms with E-state index in [1.165, 1.54) is 0 Å². The molecule has 0 unspecified atom stereocenters. The maximum atomic E-state index is 13.6. The van der Waals surface area contributed by atoms with Gasteiger partial charge in [-0.15, -0.1) is 0 Å². The third kappa shape index (κ3) is 14.3. The summed E-state index contributed by atoms with van der Waals surface area (Å²) < 4.78 is 0. The molecule has 13 N–H and O–H groups in total. The number of carbonyl (C=O) groups is 5. The molecule has 0 saturated carbocycles. The third-order valence-electron chi connectivity index (χ3n) is 6.42. The molecule has 0 aliphatic heterocycles. The molecular formula is C28H45N9O6. The molecule has 0 spiro atoms. The van der Waals surface area contributed by atoms with Gasteiger partial charge < -0.3 is 38.3 Å². The molecule has 0 aliphatic rings. The van der Waals surface area contributed by atoms with Gasteiger partial charge in [0.15, 0.2) is 5.96 Å². The molecule has 15 nitrogen and oxygen atoms in total. The molecular weight excluding hydrogens is 558 g/mol. The van der Waals surface area contributed by atoms with E-state index >= 15 is 0 Å². The zero-order valence-electron chi connectivity index (χ0n) is 24.8. The van der Waals surface area contributed by atoms with Crippen LogP contribution in [0, 0.1) is 11.8 Å². The van der Waals surface area contributed by atoms with Crippen LogP contribution in [-0.4, -0.2) is 71.9 Å². The van der Waals surface area contributed by atoms with Crippen LogP contribution in [0.3, 0.4) is 0 Å². The van der Waals surface area contributed by atoms with Crippen molar-refractivity contribution in [1.29, 1.82) is 0 Å². The summed E-state index contributed by atoms with van der Waals surface area (Å²) in [4.78, 5) is 65.7. The molecule has 0 heterocycles. The highest BCUT2D eigenvalue weighted by Gasteiger charge is 2.30. The maximum absolute atomic E-state index is 13.6. The SMILES string of the molecule is C/C(=C\[C@@H](Cc1ccccc1)NC(=O)[C@@H](N)CC(=O)O)[C@@H](C(=O)N[C@@H](CCCN=C(N)N)C(=O)NCC(=O)NN)C(C)C. The zero-order chi connectivity index (χ0) is 32.5. The Bertz CT molecular complexity index is 1150. The van der Waals surface area contributed by atoms with Crippen molar-refractivity contribution in [2.75, 3.05) is 13.1 Å². The van der Waals surface area contributed by atoms with Crippen molar-refractivity contribution in [3.05, 3.63) is 47.5 Å². The molecule has 1 aromatic carbocycles. The van der Waals surface area contributed by atoms with Gasteiger partial charge in [0.05, 0.1) is 31.0 Å². The number of carboxylic acid groups (broad SMARTS) is 1. The molecule has 15 heteroatoms. The molecule has 0 aromatic heterocycles. The molecule has 43 heavy (non-hydrogen) atoms. The second kappa shape index (κ2) is 18.8. The fourth-order valence-corrected chi connectivity index (χ4v) is 4.42. The van der Waals surface area contributed by atoms with E-state index in [0.717, 1.165) is 5.56 Å². The molecule has 0 bridgehead atoms. The molecule has 1 aromatic rings. The van der Waals surface area contributed by atoms with Gasteiger partial charge in [0.2, 0.25) is 17.7 Å². The van der Waals surface area contributed by atoms with Crippen LogP contribution >= 0.6 is 0 Å². The van der Waals surface area contributed by atoms with Gasteiger partial charge in [-0.3, -0.25) is 34.4 Å². The average Bonchev–Trinajstić information content (AvgIpc) is 2.92. The van der Waals surface area contributed by atoms with Gasteiger partial charge in [-0.2, -0.15) is 0 Å². The number of benzene rings is 1. The zero-order valence-corrected chi connectivity index (χ0v) is 24.8. The van der Waals surface area contributed by atoms with E-state index < -0.39 is 60.1 Å². The van der Waals surface area contributed by atoms with E-state index in [4.69, 9.17) is 28.2 Å². The number of amides is 4. The summed E-state index contributed by atoms with van der Waals surface area (Å²) in [5.74, 6) is 0.557. The third-order valence-corrected chi connectivity index (χ3v) is 6.42. The first-order chi connectivity index (χ1) is 20.2. The van der Waals surface area contributed by atoms with Gasteiger partial charge in [0, 0.05) is 6.54 Å². The lowest BCUT2D eigenvalue weighted by Gasteiger charge is -2.26. The molecule has 4 amide bonds. The van der Waals surface area contributed by atoms with Crippen molar-refractivity contribution in [1.82, 2.24) is 21.4 Å². The standard InChI is InChI=1S/C28H45N9O6/c1-16(2)24(27(43)36-21(10-7-11-33-28(30)31)26(42)34-15-22(38)37-32)17(3)12-19(13-18-8-5-4-6-9-18)35-25(41)20(29)14-23(39)40/h4-6,8-9,12,16,19-21,24H,7,10-11,13-15,29,32H2,1-3H3,(H,34,42)(H,35,41)(H,36,43)(H,37,38)(H,39,40)(H4,30,31,33)/b17-12+/t19-,20-,21-,24-/m0/s1. The Labute approximate surface area is 251 Å². The first-order valence-corrected chi connectivity index (χ1v) is 13.9. The van der Waals surface area contributed by atoms with Crippen LogP contribution in [0.4, 0.5) is 0 Å². The highest BCUT2D eigenvalue weighted by Crippen LogP contribution is 2.22. The van der Waals surface area contributed by atoms with E-state index in [-0.39, 0.29) is 31.4 Å². The number of nitrogens with one attached hydrogen (secondary N) is 4. The van der Waals surface area contributed by atoms with Crippen LogP contribution in [-0.2, 0) is 30.4 Å². The molecule has 1 rings (SSSR count). The Kier molecular flexibility index (Phi) is 16.0. The summed E-state index contributed by atoms with van der Waals surface area (Å²) in [6.07, 6.45) is 2.10. The van der Waals surface area contributed by atoms with Gasteiger partial charge in [-0.25, -0.2) is 5.84 Å². The van der Waals surface area contributed by atoms with Crippen molar-refractivity contribution in [3.8, 4) is 0 Å². The second-order valence-electron chi connectivity index (χ2n) is 10.4. The number of rotatable bonds is 18. The van der Waals surface area contributed by atoms with Gasteiger partial charge >= 0.3 is 5.97 Å². The van der Waals surface area contributed by atoms with E-state index in [2.05, 4.69) is 20.9 Å². The molecule has 0 fully saturated rings. The minimum Gasteiger partial charge on any atom is -0.481 e. The number of carboxylic acids is 1. The molecule has 0 saturated heterocycles.